The Hall–Kier alpha value is -3.28. The monoisotopic (exact) mass is 416 g/mol. The van der Waals surface area contributed by atoms with Crippen LogP contribution in [0.3, 0.4) is 0 Å². The number of aryl methyl sites for hydroxylation is 2. The third-order valence-electron chi connectivity index (χ3n) is 3.85. The van der Waals surface area contributed by atoms with E-state index in [4.69, 9.17) is 9.84 Å². The van der Waals surface area contributed by atoms with Gasteiger partial charge in [0.15, 0.2) is 0 Å². The van der Waals surface area contributed by atoms with Crippen molar-refractivity contribution in [3.63, 3.8) is 0 Å². The van der Waals surface area contributed by atoms with Crippen LogP contribution in [-0.2, 0) is 31.9 Å². The van der Waals surface area contributed by atoms with Crippen LogP contribution in [-0.4, -0.2) is 37.9 Å². The fourth-order valence-electron chi connectivity index (χ4n) is 1.99. The summed E-state index contributed by atoms with van der Waals surface area (Å²) in [5.74, 6) is 0.485. The molecule has 164 valence electrons. The summed E-state index contributed by atoms with van der Waals surface area (Å²) in [4.78, 5) is 20.6. The number of aromatic hydroxyl groups is 1. The number of rotatable bonds is 7. The van der Waals surface area contributed by atoms with Crippen LogP contribution in [0.2, 0.25) is 0 Å². The van der Waals surface area contributed by atoms with Gasteiger partial charge in [-0.2, -0.15) is 0 Å². The van der Waals surface area contributed by atoms with E-state index in [0.717, 1.165) is 24.7 Å². The predicted molar refractivity (Wildman–Crippen MR) is 118 cm³/mol. The Morgan fingerprint density at radius 1 is 0.900 bits per heavy atom. The number of carbonyl (C=O) groups excluding carboxylic acids is 2. The number of esters is 2. The first kappa shape index (κ1) is 26.7. The van der Waals surface area contributed by atoms with E-state index in [1.54, 1.807) is 12.1 Å². The summed E-state index contributed by atoms with van der Waals surface area (Å²) >= 11 is 0. The van der Waals surface area contributed by atoms with Crippen molar-refractivity contribution in [3.8, 4) is 11.5 Å². The average Bonchev–Trinajstić information content (AvgIpc) is 2.80. The molecule has 0 amide bonds. The van der Waals surface area contributed by atoms with Crippen molar-refractivity contribution in [1.82, 2.24) is 0 Å². The third kappa shape index (κ3) is 13.0. The second-order valence-corrected chi connectivity index (χ2v) is 5.92. The van der Waals surface area contributed by atoms with Gasteiger partial charge in [-0.1, -0.05) is 44.7 Å². The Morgan fingerprint density at radius 2 is 1.40 bits per heavy atom. The van der Waals surface area contributed by atoms with Gasteiger partial charge in [-0.05, 0) is 48.2 Å². The summed E-state index contributed by atoms with van der Waals surface area (Å²) in [6.07, 6.45) is 3.44. The lowest BCUT2D eigenvalue weighted by molar-refractivity contribution is -0.141. The van der Waals surface area contributed by atoms with Gasteiger partial charge < -0.3 is 19.3 Å². The maximum absolute atomic E-state index is 10.8. The molecule has 2 rings (SSSR count). The minimum atomic E-state index is -0.394. The number of ether oxygens (including phenoxy) is 3. The fraction of sp³-hybridized carbons (Fsp3) is 0.333. The Balaban J connectivity index is 0.000000475. The summed E-state index contributed by atoms with van der Waals surface area (Å²) in [6.45, 7) is 7.71. The van der Waals surface area contributed by atoms with Gasteiger partial charge in [0.1, 0.15) is 11.5 Å². The number of methoxy groups -OCH3 is 2. The second kappa shape index (κ2) is 16.7. The summed E-state index contributed by atoms with van der Waals surface area (Å²) < 4.78 is 14.0. The SMILES string of the molecule is C=CC(=O)OC.CCc1ccc(O)cc1.CCc1ccc(OCCC(=O)OC)cc1. The maximum atomic E-state index is 10.8. The van der Waals surface area contributed by atoms with Crippen LogP contribution in [0.15, 0.2) is 61.2 Å². The summed E-state index contributed by atoms with van der Waals surface area (Å²) in [5.41, 5.74) is 2.53. The molecule has 0 aliphatic carbocycles. The molecule has 0 bridgehead atoms. The van der Waals surface area contributed by atoms with E-state index in [2.05, 4.69) is 29.9 Å². The quantitative estimate of drug-likeness (QED) is 0.529. The third-order valence-corrected chi connectivity index (χ3v) is 3.85. The van der Waals surface area contributed by atoms with Crippen molar-refractivity contribution in [3.05, 3.63) is 72.3 Å². The van der Waals surface area contributed by atoms with Crippen LogP contribution in [0.5, 0.6) is 11.5 Å². The van der Waals surface area contributed by atoms with E-state index in [9.17, 15) is 9.59 Å². The van der Waals surface area contributed by atoms with Crippen LogP contribution in [0, 0.1) is 0 Å². The van der Waals surface area contributed by atoms with E-state index in [1.807, 2.05) is 36.4 Å². The zero-order valence-electron chi connectivity index (χ0n) is 18.2. The molecule has 0 heterocycles. The molecule has 0 atom stereocenters. The standard InChI is InChI=1S/C12H16O3.C8H10O.C4H6O2/c1-3-10-4-6-11(7-5-10)15-9-8-12(13)14-2;1-2-7-3-5-8(9)6-4-7;1-3-4(5)6-2/h4-7H,3,8-9H2,1-2H3;3-6,9H,2H2,1H3;3H,1H2,2H3. The Bertz CT molecular complexity index is 735. The van der Waals surface area contributed by atoms with Crippen molar-refractivity contribution in [1.29, 1.82) is 0 Å². The molecule has 2 aromatic rings. The lowest BCUT2D eigenvalue weighted by Gasteiger charge is -2.05. The van der Waals surface area contributed by atoms with Gasteiger partial charge >= 0.3 is 11.9 Å². The molecule has 2 aromatic carbocycles. The fourth-order valence-corrected chi connectivity index (χ4v) is 1.99. The molecular weight excluding hydrogens is 384 g/mol. The summed E-state index contributed by atoms with van der Waals surface area (Å²) in [5, 5.41) is 8.85. The van der Waals surface area contributed by atoms with E-state index in [1.165, 1.54) is 25.3 Å². The minimum Gasteiger partial charge on any atom is -0.508 e. The maximum Gasteiger partial charge on any atom is 0.329 e. The van der Waals surface area contributed by atoms with Crippen LogP contribution >= 0.6 is 0 Å². The Labute approximate surface area is 179 Å². The van der Waals surface area contributed by atoms with Crippen molar-refractivity contribution < 1.29 is 28.9 Å². The van der Waals surface area contributed by atoms with Gasteiger partial charge in [-0.3, -0.25) is 4.79 Å². The number of carbonyl (C=O) groups is 2. The highest BCUT2D eigenvalue weighted by Crippen LogP contribution is 2.12. The number of phenolic OH excluding ortho intramolecular Hbond substituents is 1. The molecule has 0 spiro atoms. The zero-order chi connectivity index (χ0) is 22.8. The first-order chi connectivity index (χ1) is 14.4. The van der Waals surface area contributed by atoms with Gasteiger partial charge in [-0.15, -0.1) is 0 Å². The Kier molecular flexibility index (Phi) is 14.8. The predicted octanol–water partition coefficient (Wildman–Crippen LogP) is 4.49. The minimum absolute atomic E-state index is 0.250. The van der Waals surface area contributed by atoms with Gasteiger partial charge in [0.2, 0.25) is 0 Å². The van der Waals surface area contributed by atoms with Crippen LogP contribution in [0.25, 0.3) is 0 Å². The number of hydrogen-bond acceptors (Lipinski definition) is 6. The van der Waals surface area contributed by atoms with E-state index < -0.39 is 5.97 Å². The molecule has 0 aliphatic heterocycles. The smallest absolute Gasteiger partial charge is 0.329 e. The van der Waals surface area contributed by atoms with Crippen molar-refractivity contribution in [2.45, 2.75) is 33.1 Å². The number of phenols is 1. The average molecular weight is 417 g/mol. The molecule has 0 aromatic heterocycles. The molecule has 0 saturated heterocycles. The summed E-state index contributed by atoms with van der Waals surface area (Å²) in [6, 6.07) is 15.1. The molecular formula is C24H32O6. The number of benzene rings is 2. The first-order valence-corrected chi connectivity index (χ1v) is 9.66. The molecule has 0 saturated carbocycles. The molecule has 0 unspecified atom stereocenters. The van der Waals surface area contributed by atoms with Crippen molar-refractivity contribution in [2.24, 2.45) is 0 Å². The van der Waals surface area contributed by atoms with Crippen molar-refractivity contribution >= 4 is 11.9 Å². The normalized spacial score (nSPS) is 9.07. The van der Waals surface area contributed by atoms with E-state index in [-0.39, 0.29) is 12.4 Å². The molecule has 6 nitrogen and oxygen atoms in total. The first-order valence-electron chi connectivity index (χ1n) is 9.66. The zero-order valence-corrected chi connectivity index (χ0v) is 18.2. The van der Waals surface area contributed by atoms with Crippen molar-refractivity contribution in [2.75, 3.05) is 20.8 Å². The van der Waals surface area contributed by atoms with Gasteiger partial charge in [-0.25, -0.2) is 4.79 Å². The van der Waals surface area contributed by atoms with Gasteiger partial charge in [0, 0.05) is 6.08 Å². The molecule has 0 fully saturated rings. The van der Waals surface area contributed by atoms with E-state index >= 15 is 0 Å². The molecule has 0 aliphatic rings. The topological polar surface area (TPSA) is 82.1 Å². The van der Waals surface area contributed by atoms with E-state index in [0.29, 0.717) is 12.4 Å². The van der Waals surface area contributed by atoms with Gasteiger partial charge in [0.05, 0.1) is 27.2 Å². The highest BCUT2D eigenvalue weighted by molar-refractivity contribution is 5.80. The lowest BCUT2D eigenvalue weighted by Crippen LogP contribution is -2.07. The summed E-state index contributed by atoms with van der Waals surface area (Å²) in [7, 11) is 2.68. The van der Waals surface area contributed by atoms with Crippen LogP contribution < -0.4 is 4.74 Å². The van der Waals surface area contributed by atoms with Gasteiger partial charge in [0.25, 0.3) is 0 Å². The largest absolute Gasteiger partial charge is 0.508 e. The Morgan fingerprint density at radius 3 is 1.77 bits per heavy atom. The molecule has 0 radical (unpaired) electrons. The second-order valence-electron chi connectivity index (χ2n) is 5.92. The molecule has 1 N–H and O–H groups in total. The molecule has 30 heavy (non-hydrogen) atoms. The highest BCUT2D eigenvalue weighted by atomic mass is 16.5. The lowest BCUT2D eigenvalue weighted by atomic mass is 10.2. The molecule has 6 heteroatoms. The van der Waals surface area contributed by atoms with Crippen LogP contribution in [0.4, 0.5) is 0 Å². The number of hydrogen-bond donors (Lipinski definition) is 1. The van der Waals surface area contributed by atoms with Crippen LogP contribution in [0.1, 0.15) is 31.4 Å². The highest BCUT2D eigenvalue weighted by Gasteiger charge is 2.00.